The van der Waals surface area contributed by atoms with Crippen LogP contribution in [0.15, 0.2) is 16.4 Å². The number of carbonyl (C=O) groups is 1. The molecule has 7 heteroatoms. The summed E-state index contributed by atoms with van der Waals surface area (Å²) in [6.07, 6.45) is -0.124. The van der Waals surface area contributed by atoms with E-state index in [1.54, 1.807) is 0 Å². The summed E-state index contributed by atoms with van der Waals surface area (Å²) in [6, 6.07) is 0. The number of carboxylic acid groups (broad SMARTS) is 1. The van der Waals surface area contributed by atoms with Crippen molar-refractivity contribution in [3.63, 3.8) is 0 Å². The van der Waals surface area contributed by atoms with Gasteiger partial charge in [-0.15, -0.1) is 0 Å². The summed E-state index contributed by atoms with van der Waals surface area (Å²) in [5.74, 6) is -1.75. The van der Waals surface area contributed by atoms with Crippen LogP contribution in [-0.2, 0) is 4.79 Å². The molecule has 0 aliphatic heterocycles. The van der Waals surface area contributed by atoms with Crippen LogP contribution in [0.3, 0.4) is 0 Å². The molecule has 0 saturated carbocycles. The second kappa shape index (κ2) is 7.05. The monoisotopic (exact) mass is 263 g/mol. The van der Waals surface area contributed by atoms with Gasteiger partial charge in [0.1, 0.15) is 18.0 Å². The number of allylic oxidation sites excluding steroid dienone is 1. The number of carboxylic acids is 1. The zero-order valence-electron chi connectivity index (χ0n) is 10.5. The first-order valence-corrected chi connectivity index (χ1v) is 5.42. The number of aliphatic imine (C=N–C) groups is 1. The van der Waals surface area contributed by atoms with Gasteiger partial charge in [0.2, 0.25) is 0 Å². The first-order valence-electron chi connectivity index (χ1n) is 5.42. The van der Waals surface area contributed by atoms with Gasteiger partial charge in [-0.25, -0.2) is 8.78 Å². The molecule has 0 aromatic carbocycles. The summed E-state index contributed by atoms with van der Waals surface area (Å²) in [5.41, 5.74) is 9.07. The lowest BCUT2D eigenvalue weighted by atomic mass is 9.94. The third-order valence-corrected chi connectivity index (χ3v) is 2.45. The van der Waals surface area contributed by atoms with Gasteiger partial charge >= 0.3 is 5.97 Å². The number of nitrogens with zero attached hydrogens (tertiary/aromatic N) is 1. The van der Waals surface area contributed by atoms with Crippen molar-refractivity contribution in [3.05, 3.63) is 11.4 Å². The molecule has 5 nitrogen and oxygen atoms in total. The Morgan fingerprint density at radius 1 is 1.50 bits per heavy atom. The number of nitrogens with two attached hydrogens (primary N) is 2. The van der Waals surface area contributed by atoms with E-state index in [1.165, 1.54) is 13.8 Å². The van der Waals surface area contributed by atoms with Gasteiger partial charge in [-0.1, -0.05) is 0 Å². The highest BCUT2D eigenvalue weighted by molar-refractivity contribution is 5.78. The molecular formula is C11H19F2N3O2. The minimum Gasteiger partial charge on any atom is -0.480 e. The van der Waals surface area contributed by atoms with Crippen molar-refractivity contribution in [1.29, 1.82) is 0 Å². The Bertz CT molecular complexity index is 361. The number of rotatable bonds is 7. The van der Waals surface area contributed by atoms with Crippen molar-refractivity contribution >= 4 is 11.8 Å². The molecule has 0 saturated heterocycles. The maximum Gasteiger partial charge on any atom is 0.323 e. The number of hydrogen-bond donors (Lipinski definition) is 3. The average Bonchev–Trinajstić information content (AvgIpc) is 2.26. The Kier molecular flexibility index (Phi) is 6.46. The minimum absolute atomic E-state index is 0.0552. The molecule has 0 fully saturated rings. The SMILES string of the molecule is CC(N)=NCC(F)=C(CF)CC[C@](C)(N)C(=O)O. The first-order chi connectivity index (χ1) is 8.20. The highest BCUT2D eigenvalue weighted by atomic mass is 19.1. The number of amidine groups is 1. The van der Waals surface area contributed by atoms with Crippen LogP contribution in [0, 0.1) is 0 Å². The fourth-order valence-electron chi connectivity index (χ4n) is 1.10. The maximum absolute atomic E-state index is 13.5. The van der Waals surface area contributed by atoms with Gasteiger partial charge in [0, 0.05) is 0 Å². The second-order valence-electron chi connectivity index (χ2n) is 4.32. The lowest BCUT2D eigenvalue weighted by Crippen LogP contribution is -2.44. The first kappa shape index (κ1) is 16.5. The molecule has 0 unspecified atom stereocenters. The van der Waals surface area contributed by atoms with Crippen LogP contribution in [0.4, 0.5) is 8.78 Å². The van der Waals surface area contributed by atoms with Crippen LogP contribution in [0.2, 0.25) is 0 Å². The predicted octanol–water partition coefficient (Wildman–Crippen LogP) is 1.14. The van der Waals surface area contributed by atoms with Crippen molar-refractivity contribution < 1.29 is 18.7 Å². The van der Waals surface area contributed by atoms with Gasteiger partial charge in [-0.05, 0) is 32.3 Å². The van der Waals surface area contributed by atoms with E-state index in [-0.39, 0.29) is 30.8 Å². The third-order valence-electron chi connectivity index (χ3n) is 2.45. The minimum atomic E-state index is -1.51. The highest BCUT2D eigenvalue weighted by Gasteiger charge is 2.28. The van der Waals surface area contributed by atoms with Crippen LogP contribution in [0.25, 0.3) is 0 Å². The van der Waals surface area contributed by atoms with E-state index in [0.29, 0.717) is 0 Å². The van der Waals surface area contributed by atoms with Crippen molar-refractivity contribution in [3.8, 4) is 0 Å². The molecule has 0 heterocycles. The molecule has 0 aromatic heterocycles. The topological polar surface area (TPSA) is 102 Å². The van der Waals surface area contributed by atoms with Crippen LogP contribution < -0.4 is 11.5 Å². The molecule has 0 aliphatic rings. The third kappa shape index (κ3) is 5.72. The van der Waals surface area contributed by atoms with Crippen LogP contribution in [-0.4, -0.2) is 35.7 Å². The number of alkyl halides is 1. The van der Waals surface area contributed by atoms with E-state index in [0.717, 1.165) is 0 Å². The van der Waals surface area contributed by atoms with E-state index in [1.807, 2.05) is 0 Å². The zero-order chi connectivity index (χ0) is 14.3. The maximum atomic E-state index is 13.5. The molecule has 0 amide bonds. The van der Waals surface area contributed by atoms with E-state index in [2.05, 4.69) is 4.99 Å². The molecule has 1 atom stereocenters. The Labute approximate surface area is 105 Å². The Hall–Kier alpha value is -1.50. The van der Waals surface area contributed by atoms with Crippen LogP contribution in [0.5, 0.6) is 0 Å². The Balaban J connectivity index is 4.65. The summed E-state index contributed by atoms with van der Waals surface area (Å²) in [6.45, 7) is 1.45. The molecule has 0 rings (SSSR count). The molecule has 104 valence electrons. The normalized spacial score (nSPS) is 17.1. The van der Waals surface area contributed by atoms with E-state index >= 15 is 0 Å². The van der Waals surface area contributed by atoms with Gasteiger partial charge in [0.05, 0.1) is 12.4 Å². The highest BCUT2D eigenvalue weighted by Crippen LogP contribution is 2.19. The standard InChI is InChI=1S/C11H19F2N3O2/c1-7(14)16-6-9(13)8(5-12)3-4-11(2,15)10(17)18/h3-6,15H2,1-2H3,(H2,14,16)(H,17,18)/t11-/m0/s1. The lowest BCUT2D eigenvalue weighted by Gasteiger charge is -2.19. The van der Waals surface area contributed by atoms with Gasteiger partial charge in [0.15, 0.2) is 0 Å². The van der Waals surface area contributed by atoms with Gasteiger partial charge in [0.25, 0.3) is 0 Å². The fraction of sp³-hybridized carbons (Fsp3) is 0.636. The van der Waals surface area contributed by atoms with E-state index in [4.69, 9.17) is 16.6 Å². The molecule has 18 heavy (non-hydrogen) atoms. The van der Waals surface area contributed by atoms with Crippen molar-refractivity contribution in [2.24, 2.45) is 16.5 Å². The quantitative estimate of drug-likeness (QED) is 0.473. The van der Waals surface area contributed by atoms with Crippen molar-refractivity contribution in [2.75, 3.05) is 13.2 Å². The Morgan fingerprint density at radius 3 is 2.44 bits per heavy atom. The van der Waals surface area contributed by atoms with Crippen LogP contribution in [0.1, 0.15) is 26.7 Å². The average molecular weight is 263 g/mol. The predicted molar refractivity (Wildman–Crippen MR) is 65.7 cm³/mol. The summed E-state index contributed by atoms with van der Waals surface area (Å²) >= 11 is 0. The number of halogens is 2. The van der Waals surface area contributed by atoms with E-state index < -0.39 is 24.0 Å². The summed E-state index contributed by atoms with van der Waals surface area (Å²) in [7, 11) is 0. The van der Waals surface area contributed by atoms with Gasteiger partial charge in [-0.2, -0.15) is 0 Å². The summed E-state index contributed by atoms with van der Waals surface area (Å²) in [4.78, 5) is 14.4. The van der Waals surface area contributed by atoms with E-state index in [9.17, 15) is 13.6 Å². The fourth-order valence-corrected chi connectivity index (χ4v) is 1.10. The molecule has 0 radical (unpaired) electrons. The van der Waals surface area contributed by atoms with Crippen molar-refractivity contribution in [2.45, 2.75) is 32.2 Å². The van der Waals surface area contributed by atoms with Gasteiger partial charge < -0.3 is 16.6 Å². The number of hydrogen-bond acceptors (Lipinski definition) is 3. The summed E-state index contributed by atoms with van der Waals surface area (Å²) in [5, 5.41) is 8.77. The largest absolute Gasteiger partial charge is 0.480 e. The smallest absolute Gasteiger partial charge is 0.323 e. The lowest BCUT2D eigenvalue weighted by molar-refractivity contribution is -0.142. The van der Waals surface area contributed by atoms with Gasteiger partial charge in [-0.3, -0.25) is 9.79 Å². The Morgan fingerprint density at radius 2 is 2.06 bits per heavy atom. The molecule has 5 N–H and O–H groups in total. The molecule has 0 bridgehead atoms. The zero-order valence-corrected chi connectivity index (χ0v) is 10.5. The molecule has 0 spiro atoms. The molecule has 0 aliphatic carbocycles. The van der Waals surface area contributed by atoms with Crippen molar-refractivity contribution in [1.82, 2.24) is 0 Å². The second-order valence-corrected chi connectivity index (χ2v) is 4.32. The molecular weight excluding hydrogens is 244 g/mol. The van der Waals surface area contributed by atoms with Crippen LogP contribution >= 0.6 is 0 Å². The summed E-state index contributed by atoms with van der Waals surface area (Å²) < 4.78 is 26.1. The molecule has 0 aromatic rings. The number of aliphatic carboxylic acids is 1.